The molecule has 7 nitrogen and oxygen atoms in total. The number of methoxy groups -OCH3 is 1. The molecule has 0 atom stereocenters. The molecule has 23 heavy (non-hydrogen) atoms. The average Bonchev–Trinajstić information content (AvgIpc) is 3.28. The Kier molecular flexibility index (Phi) is 4.95. The minimum absolute atomic E-state index is 0.158. The molecular weight excluding hydrogens is 296 g/mol. The summed E-state index contributed by atoms with van der Waals surface area (Å²) in [6, 6.07) is 0.283. The predicted molar refractivity (Wildman–Crippen MR) is 84.5 cm³/mol. The summed E-state index contributed by atoms with van der Waals surface area (Å²) in [6.07, 6.45) is 5.66. The molecule has 1 fully saturated rings. The van der Waals surface area contributed by atoms with Gasteiger partial charge in [0.2, 0.25) is 0 Å². The second-order valence-corrected chi connectivity index (χ2v) is 6.19. The first-order valence-corrected chi connectivity index (χ1v) is 8.38. The van der Waals surface area contributed by atoms with Crippen molar-refractivity contribution in [2.24, 2.45) is 0 Å². The number of carbonyl (C=O) groups excluding carboxylic acids is 2. The Morgan fingerprint density at radius 1 is 1.30 bits per heavy atom. The number of ether oxygens (including phenoxy) is 1. The van der Waals surface area contributed by atoms with Crippen molar-refractivity contribution in [2.45, 2.75) is 51.1 Å². The predicted octanol–water partition coefficient (Wildman–Crippen LogP) is 0.878. The molecule has 2 aliphatic rings. The number of hydrogen-bond donors (Lipinski definition) is 2. The Hall–Kier alpha value is -1.89. The van der Waals surface area contributed by atoms with E-state index in [2.05, 4.69) is 15.6 Å². The molecular formula is C16H24N4O3. The van der Waals surface area contributed by atoms with Crippen LogP contribution >= 0.6 is 0 Å². The fourth-order valence-corrected chi connectivity index (χ4v) is 2.88. The summed E-state index contributed by atoms with van der Waals surface area (Å²) in [4.78, 5) is 29.1. The Balaban J connectivity index is 1.75. The van der Waals surface area contributed by atoms with Gasteiger partial charge in [0.25, 0.3) is 11.8 Å². The number of amides is 2. The van der Waals surface area contributed by atoms with Crippen LogP contribution in [0.5, 0.6) is 0 Å². The Morgan fingerprint density at radius 3 is 2.87 bits per heavy atom. The first-order chi connectivity index (χ1) is 11.2. The Bertz CT molecular complexity index is 592. The molecule has 1 aliphatic carbocycles. The van der Waals surface area contributed by atoms with E-state index in [0.29, 0.717) is 24.7 Å². The number of nitrogens with one attached hydrogen (secondary N) is 2. The summed E-state index contributed by atoms with van der Waals surface area (Å²) in [5.41, 5.74) is 1.30. The van der Waals surface area contributed by atoms with Crippen LogP contribution in [0.3, 0.4) is 0 Å². The first-order valence-electron chi connectivity index (χ1n) is 8.38. The van der Waals surface area contributed by atoms with Crippen LogP contribution in [0.25, 0.3) is 0 Å². The number of aromatic nitrogens is 2. The number of rotatable bonds is 7. The van der Waals surface area contributed by atoms with Crippen molar-refractivity contribution in [3.63, 3.8) is 0 Å². The van der Waals surface area contributed by atoms with Gasteiger partial charge in [0.05, 0.1) is 5.69 Å². The summed E-state index contributed by atoms with van der Waals surface area (Å²) < 4.78 is 6.90. The van der Waals surface area contributed by atoms with Gasteiger partial charge in [-0.3, -0.25) is 9.59 Å². The number of nitrogens with zero attached hydrogens (tertiary/aromatic N) is 2. The lowest BCUT2D eigenvalue weighted by molar-refractivity contribution is 0.0935. The molecule has 1 aromatic heterocycles. The maximum Gasteiger partial charge on any atom is 0.287 e. The topological polar surface area (TPSA) is 85.2 Å². The summed E-state index contributed by atoms with van der Waals surface area (Å²) in [7, 11) is 1.64. The van der Waals surface area contributed by atoms with Crippen molar-refractivity contribution < 1.29 is 14.3 Å². The van der Waals surface area contributed by atoms with Crippen LogP contribution in [0.15, 0.2) is 0 Å². The van der Waals surface area contributed by atoms with Crippen LogP contribution in [0, 0.1) is 0 Å². The van der Waals surface area contributed by atoms with Gasteiger partial charge >= 0.3 is 0 Å². The monoisotopic (exact) mass is 320 g/mol. The van der Waals surface area contributed by atoms with E-state index in [1.54, 1.807) is 7.11 Å². The van der Waals surface area contributed by atoms with Crippen molar-refractivity contribution in [1.82, 2.24) is 20.2 Å². The summed E-state index contributed by atoms with van der Waals surface area (Å²) in [5, 5.41) is 5.82. The van der Waals surface area contributed by atoms with E-state index in [1.807, 2.05) is 4.57 Å². The molecule has 1 aliphatic heterocycles. The van der Waals surface area contributed by atoms with E-state index in [0.717, 1.165) is 50.8 Å². The molecule has 1 aromatic rings. The lowest BCUT2D eigenvalue weighted by atomic mass is 10.1. The van der Waals surface area contributed by atoms with E-state index < -0.39 is 0 Å². The van der Waals surface area contributed by atoms with Gasteiger partial charge in [-0.15, -0.1) is 0 Å². The van der Waals surface area contributed by atoms with Gasteiger partial charge in [-0.05, 0) is 38.5 Å². The van der Waals surface area contributed by atoms with Crippen LogP contribution in [0.1, 0.15) is 58.9 Å². The molecule has 2 N–H and O–H groups in total. The number of hydrogen-bond acceptors (Lipinski definition) is 4. The van der Waals surface area contributed by atoms with Gasteiger partial charge in [-0.2, -0.15) is 0 Å². The van der Waals surface area contributed by atoms with Crippen LogP contribution in [0.2, 0.25) is 0 Å². The van der Waals surface area contributed by atoms with Crippen LogP contribution in [-0.2, 0) is 17.7 Å². The van der Waals surface area contributed by atoms with Crippen molar-refractivity contribution in [3.05, 3.63) is 17.2 Å². The molecule has 0 spiro atoms. The second-order valence-electron chi connectivity index (χ2n) is 6.19. The normalized spacial score (nSPS) is 16.7. The maximum absolute atomic E-state index is 12.4. The highest BCUT2D eigenvalue weighted by molar-refractivity contribution is 5.97. The Labute approximate surface area is 135 Å². The van der Waals surface area contributed by atoms with E-state index >= 15 is 0 Å². The molecule has 0 radical (unpaired) electrons. The average molecular weight is 320 g/mol. The van der Waals surface area contributed by atoms with Crippen molar-refractivity contribution >= 4 is 11.8 Å². The highest BCUT2D eigenvalue weighted by Gasteiger charge is 2.30. The third-order valence-corrected chi connectivity index (χ3v) is 4.26. The van der Waals surface area contributed by atoms with Crippen LogP contribution in [-0.4, -0.2) is 47.7 Å². The molecule has 2 heterocycles. The van der Waals surface area contributed by atoms with E-state index in [1.165, 1.54) is 0 Å². The fourth-order valence-electron chi connectivity index (χ4n) is 2.88. The van der Waals surface area contributed by atoms with Gasteiger partial charge < -0.3 is 19.9 Å². The first kappa shape index (κ1) is 16.0. The SMILES string of the molecule is COCCCNC(=O)c1nc(C(=O)NC2CC2)n2c1CCCC2. The van der Waals surface area contributed by atoms with E-state index in [-0.39, 0.29) is 17.9 Å². The number of fused-ring (bicyclic) bond motifs is 1. The van der Waals surface area contributed by atoms with Gasteiger partial charge in [-0.1, -0.05) is 0 Å². The molecule has 126 valence electrons. The molecule has 0 bridgehead atoms. The van der Waals surface area contributed by atoms with E-state index in [4.69, 9.17) is 4.74 Å². The van der Waals surface area contributed by atoms with E-state index in [9.17, 15) is 9.59 Å². The van der Waals surface area contributed by atoms with Crippen molar-refractivity contribution in [1.29, 1.82) is 0 Å². The lowest BCUT2D eigenvalue weighted by Crippen LogP contribution is -2.29. The molecule has 0 aromatic carbocycles. The summed E-state index contributed by atoms with van der Waals surface area (Å²) in [5.74, 6) is 0.0277. The van der Waals surface area contributed by atoms with Gasteiger partial charge in [0.15, 0.2) is 5.82 Å². The van der Waals surface area contributed by atoms with Crippen molar-refractivity contribution in [3.8, 4) is 0 Å². The zero-order chi connectivity index (χ0) is 16.2. The number of imidazole rings is 1. The Morgan fingerprint density at radius 2 is 2.13 bits per heavy atom. The molecule has 0 unspecified atom stereocenters. The molecule has 7 heteroatoms. The smallest absolute Gasteiger partial charge is 0.287 e. The van der Waals surface area contributed by atoms with Gasteiger partial charge in [-0.25, -0.2) is 4.98 Å². The molecule has 3 rings (SSSR count). The minimum Gasteiger partial charge on any atom is -0.385 e. The third kappa shape index (κ3) is 3.72. The zero-order valence-corrected chi connectivity index (χ0v) is 13.6. The summed E-state index contributed by atoms with van der Waals surface area (Å²) in [6.45, 7) is 1.91. The molecule has 2 amide bonds. The fraction of sp³-hybridized carbons (Fsp3) is 0.688. The van der Waals surface area contributed by atoms with Gasteiger partial charge in [0.1, 0.15) is 5.69 Å². The third-order valence-electron chi connectivity index (χ3n) is 4.26. The molecule has 0 saturated heterocycles. The highest BCUT2D eigenvalue weighted by Crippen LogP contribution is 2.23. The number of carbonyl (C=O) groups is 2. The summed E-state index contributed by atoms with van der Waals surface area (Å²) >= 11 is 0. The standard InChI is InChI=1S/C16H24N4O3/c1-23-10-4-8-17-15(21)13-12-5-2-3-9-20(12)14(19-13)16(22)18-11-6-7-11/h11H,2-10H2,1H3,(H,17,21)(H,18,22). The highest BCUT2D eigenvalue weighted by atomic mass is 16.5. The quantitative estimate of drug-likeness (QED) is 0.730. The maximum atomic E-state index is 12.4. The van der Waals surface area contributed by atoms with Gasteiger partial charge in [0, 0.05) is 32.8 Å². The van der Waals surface area contributed by atoms with Crippen LogP contribution in [0.4, 0.5) is 0 Å². The van der Waals surface area contributed by atoms with Crippen LogP contribution < -0.4 is 10.6 Å². The second kappa shape index (κ2) is 7.12. The largest absolute Gasteiger partial charge is 0.385 e. The molecule has 1 saturated carbocycles. The lowest BCUT2D eigenvalue weighted by Gasteiger charge is -2.17. The van der Waals surface area contributed by atoms with Crippen molar-refractivity contribution in [2.75, 3.05) is 20.3 Å². The minimum atomic E-state index is -0.197. The zero-order valence-electron chi connectivity index (χ0n) is 13.6.